The third-order valence-corrected chi connectivity index (χ3v) is 10.7. The van der Waals surface area contributed by atoms with Gasteiger partial charge in [-0.15, -0.1) is 0 Å². The van der Waals surface area contributed by atoms with Crippen LogP contribution in [0.25, 0.3) is 0 Å². The maximum absolute atomic E-state index is 11.0. The third-order valence-electron chi connectivity index (χ3n) is 5.70. The van der Waals surface area contributed by atoms with Crippen LogP contribution < -0.4 is 10.4 Å². The Kier molecular flexibility index (Phi) is 9.47. The summed E-state index contributed by atoms with van der Waals surface area (Å²) >= 11 is 0. The number of rotatable bonds is 11. The van der Waals surface area contributed by atoms with E-state index in [-0.39, 0.29) is 17.1 Å². The molecule has 2 rings (SSSR count). The van der Waals surface area contributed by atoms with Crippen LogP contribution in [0.2, 0.25) is 5.04 Å². The monoisotopic (exact) mass is 442 g/mol. The van der Waals surface area contributed by atoms with Crippen LogP contribution >= 0.6 is 0 Å². The molecule has 4 nitrogen and oxygen atoms in total. The van der Waals surface area contributed by atoms with E-state index in [1.165, 1.54) is 17.3 Å². The van der Waals surface area contributed by atoms with Gasteiger partial charge in [0.25, 0.3) is 8.32 Å². The number of hydrogen-bond acceptors (Lipinski definition) is 4. The fraction of sp³-hybridized carbons (Fsp3) is 0.500. The van der Waals surface area contributed by atoms with Gasteiger partial charge in [-0.2, -0.15) is 0 Å². The Hall–Kier alpha value is -1.95. The highest BCUT2D eigenvalue weighted by Gasteiger charge is 2.50. The number of ether oxygens (including phenoxy) is 1. The maximum Gasteiger partial charge on any atom is 0.302 e. The van der Waals surface area contributed by atoms with Crippen molar-refractivity contribution in [1.82, 2.24) is 0 Å². The minimum absolute atomic E-state index is 0.0693. The van der Waals surface area contributed by atoms with Gasteiger partial charge in [0, 0.05) is 13.5 Å². The van der Waals surface area contributed by atoms with Gasteiger partial charge >= 0.3 is 5.97 Å². The number of hydrogen-bond donors (Lipinski definition) is 1. The zero-order valence-electron chi connectivity index (χ0n) is 19.6. The second kappa shape index (κ2) is 11.6. The molecular formula is C26H38O4Si. The summed E-state index contributed by atoms with van der Waals surface area (Å²) in [6, 6.07) is 21.1. The van der Waals surface area contributed by atoms with Gasteiger partial charge in [-0.05, 0) is 48.0 Å². The first-order valence-electron chi connectivity index (χ1n) is 11.3. The molecule has 0 saturated carbocycles. The molecule has 0 aliphatic heterocycles. The van der Waals surface area contributed by atoms with Gasteiger partial charge in [-0.1, -0.05) is 81.4 Å². The summed E-state index contributed by atoms with van der Waals surface area (Å²) in [4.78, 5) is 11.0. The van der Waals surface area contributed by atoms with Gasteiger partial charge in [-0.3, -0.25) is 4.79 Å². The molecule has 2 aromatic carbocycles. The van der Waals surface area contributed by atoms with Gasteiger partial charge in [0.05, 0.1) is 12.2 Å². The maximum atomic E-state index is 11.0. The largest absolute Gasteiger partial charge is 0.463 e. The molecule has 31 heavy (non-hydrogen) atoms. The summed E-state index contributed by atoms with van der Waals surface area (Å²) in [5.74, 6) is -0.258. The first-order valence-corrected chi connectivity index (χ1v) is 13.2. The predicted molar refractivity (Wildman–Crippen MR) is 129 cm³/mol. The average Bonchev–Trinajstić information content (AvgIpc) is 2.71. The summed E-state index contributed by atoms with van der Waals surface area (Å²) in [7, 11) is -2.55. The van der Waals surface area contributed by atoms with E-state index in [1.807, 2.05) is 19.1 Å². The van der Waals surface area contributed by atoms with E-state index >= 15 is 0 Å². The lowest BCUT2D eigenvalue weighted by atomic mass is 10.1. The van der Waals surface area contributed by atoms with Crippen molar-refractivity contribution in [3.05, 3.63) is 60.7 Å². The zero-order chi connectivity index (χ0) is 22.9. The van der Waals surface area contributed by atoms with Gasteiger partial charge in [0.2, 0.25) is 0 Å². The van der Waals surface area contributed by atoms with Crippen molar-refractivity contribution in [2.24, 2.45) is 0 Å². The van der Waals surface area contributed by atoms with E-state index in [0.29, 0.717) is 19.4 Å². The average molecular weight is 443 g/mol. The van der Waals surface area contributed by atoms with Crippen molar-refractivity contribution in [3.8, 4) is 0 Å². The van der Waals surface area contributed by atoms with Crippen LogP contribution in [0, 0.1) is 0 Å². The van der Waals surface area contributed by atoms with Crippen molar-refractivity contribution < 1.29 is 19.1 Å². The Bertz CT molecular complexity index is 747. The normalized spacial score (nSPS) is 14.1. The molecule has 0 spiro atoms. The second-order valence-electron chi connectivity index (χ2n) is 9.31. The molecule has 2 atom stereocenters. The smallest absolute Gasteiger partial charge is 0.302 e. The van der Waals surface area contributed by atoms with Crippen LogP contribution in [0.15, 0.2) is 60.7 Å². The topological polar surface area (TPSA) is 55.8 Å². The zero-order valence-corrected chi connectivity index (χ0v) is 20.6. The SMILES string of the molecule is CC(=O)O[C@@H](C)CCC[C@@H](O)CCO[Si](c1ccccc1)(c1ccccc1)C(C)(C)C. The van der Waals surface area contributed by atoms with Gasteiger partial charge in [-0.25, -0.2) is 0 Å². The van der Waals surface area contributed by atoms with Crippen LogP contribution in [0.3, 0.4) is 0 Å². The Morgan fingerprint density at radius 2 is 1.45 bits per heavy atom. The van der Waals surface area contributed by atoms with Gasteiger partial charge in [0.1, 0.15) is 0 Å². The minimum Gasteiger partial charge on any atom is -0.463 e. The van der Waals surface area contributed by atoms with E-state index < -0.39 is 14.4 Å². The fourth-order valence-corrected chi connectivity index (χ4v) is 8.82. The van der Waals surface area contributed by atoms with Crippen LogP contribution in [0.5, 0.6) is 0 Å². The van der Waals surface area contributed by atoms with Crippen LogP contribution in [0.4, 0.5) is 0 Å². The molecule has 0 amide bonds. The molecule has 1 N–H and O–H groups in total. The second-order valence-corrected chi connectivity index (χ2v) is 13.6. The molecule has 170 valence electrons. The summed E-state index contributed by atoms with van der Waals surface area (Å²) < 4.78 is 12.0. The van der Waals surface area contributed by atoms with E-state index in [9.17, 15) is 9.90 Å². The van der Waals surface area contributed by atoms with Crippen molar-refractivity contribution >= 4 is 24.7 Å². The number of benzene rings is 2. The van der Waals surface area contributed by atoms with Crippen LogP contribution in [-0.4, -0.2) is 38.2 Å². The molecule has 2 aromatic rings. The Labute approximate surface area is 188 Å². The number of aliphatic hydroxyl groups excluding tert-OH is 1. The molecule has 0 unspecified atom stereocenters. The summed E-state index contributed by atoms with van der Waals surface area (Å²) in [5, 5.41) is 12.9. The first kappa shape index (κ1) is 25.3. The molecular weight excluding hydrogens is 404 g/mol. The van der Waals surface area contributed by atoms with Gasteiger partial charge < -0.3 is 14.3 Å². The highest BCUT2D eigenvalue weighted by molar-refractivity contribution is 6.99. The minimum atomic E-state index is -2.55. The Morgan fingerprint density at radius 3 is 1.90 bits per heavy atom. The number of esters is 1. The predicted octanol–water partition coefficient (Wildman–Crippen LogP) is 4.44. The van der Waals surface area contributed by atoms with E-state index in [0.717, 1.165) is 12.8 Å². The standard InChI is InChI=1S/C26H38O4Si/c1-21(30-22(2)27)13-12-14-23(28)19-20-29-31(26(3,4)5,24-15-8-6-9-16-24)25-17-10-7-11-18-25/h6-11,15-18,21,23,28H,12-14,19-20H2,1-5H3/t21-,23+/m0/s1. The molecule has 0 aromatic heterocycles. The number of carbonyl (C=O) groups excluding carboxylic acids is 1. The highest BCUT2D eigenvalue weighted by atomic mass is 28.4. The van der Waals surface area contributed by atoms with E-state index in [2.05, 4.69) is 69.3 Å². The van der Waals surface area contributed by atoms with E-state index in [1.54, 1.807) is 0 Å². The third kappa shape index (κ3) is 7.02. The lowest BCUT2D eigenvalue weighted by Gasteiger charge is -2.43. The molecule has 0 saturated heterocycles. The highest BCUT2D eigenvalue weighted by Crippen LogP contribution is 2.36. The molecule has 0 aliphatic rings. The molecule has 0 heterocycles. The quantitative estimate of drug-likeness (QED) is 0.413. The molecule has 0 bridgehead atoms. The van der Waals surface area contributed by atoms with Crippen molar-refractivity contribution in [2.75, 3.05) is 6.61 Å². The van der Waals surface area contributed by atoms with Crippen LogP contribution in [-0.2, 0) is 14.0 Å². The fourth-order valence-electron chi connectivity index (χ4n) is 4.24. The Balaban J connectivity index is 2.09. The molecule has 0 fully saturated rings. The number of aliphatic hydroxyl groups is 1. The molecule has 5 heteroatoms. The summed E-state index contributed by atoms with van der Waals surface area (Å²) in [5.41, 5.74) is 0. The van der Waals surface area contributed by atoms with Gasteiger partial charge in [0.15, 0.2) is 0 Å². The first-order chi connectivity index (χ1) is 14.7. The molecule has 0 radical (unpaired) electrons. The van der Waals surface area contributed by atoms with E-state index in [4.69, 9.17) is 9.16 Å². The van der Waals surface area contributed by atoms with Crippen molar-refractivity contribution in [1.29, 1.82) is 0 Å². The molecule has 0 aliphatic carbocycles. The number of carbonyl (C=O) groups is 1. The summed E-state index contributed by atoms with van der Waals surface area (Å²) in [6.45, 7) is 10.6. The van der Waals surface area contributed by atoms with Crippen molar-refractivity contribution in [2.45, 2.75) is 77.5 Å². The summed E-state index contributed by atoms with van der Waals surface area (Å²) in [6.07, 6.45) is 2.30. The lowest BCUT2D eigenvalue weighted by Crippen LogP contribution is -2.66. The lowest BCUT2D eigenvalue weighted by molar-refractivity contribution is -0.145. The Morgan fingerprint density at radius 1 is 0.935 bits per heavy atom. The van der Waals surface area contributed by atoms with Crippen LogP contribution in [0.1, 0.15) is 60.3 Å². The van der Waals surface area contributed by atoms with Crippen molar-refractivity contribution in [3.63, 3.8) is 0 Å².